The van der Waals surface area contributed by atoms with E-state index in [0.717, 1.165) is 18.8 Å². The van der Waals surface area contributed by atoms with Crippen LogP contribution in [0.2, 0.25) is 0 Å². The van der Waals surface area contributed by atoms with Crippen molar-refractivity contribution < 1.29 is 4.74 Å². The van der Waals surface area contributed by atoms with Crippen LogP contribution in [0.25, 0.3) is 0 Å². The highest BCUT2D eigenvalue weighted by Crippen LogP contribution is 2.35. The summed E-state index contributed by atoms with van der Waals surface area (Å²) in [5.74, 6) is 0.975. The van der Waals surface area contributed by atoms with Gasteiger partial charge in [0.15, 0.2) is 0 Å². The first kappa shape index (κ1) is 14.4. The molecule has 1 N–H and O–H groups in total. The number of methoxy groups -OCH3 is 1. The average Bonchev–Trinajstić information content (AvgIpc) is 2.39. The van der Waals surface area contributed by atoms with Crippen molar-refractivity contribution in [2.75, 3.05) is 13.7 Å². The number of hydrogen-bond acceptors (Lipinski definition) is 2. The summed E-state index contributed by atoms with van der Waals surface area (Å²) < 4.78 is 5.30. The Labute approximate surface area is 117 Å². The minimum absolute atomic E-state index is 0.514. The van der Waals surface area contributed by atoms with Gasteiger partial charge in [-0.1, -0.05) is 38.3 Å². The third kappa shape index (κ3) is 3.97. The van der Waals surface area contributed by atoms with Gasteiger partial charge in [-0.2, -0.15) is 0 Å². The van der Waals surface area contributed by atoms with Crippen molar-refractivity contribution in [2.24, 2.45) is 5.41 Å². The quantitative estimate of drug-likeness (QED) is 0.863. The minimum Gasteiger partial charge on any atom is -0.496 e. The number of nitrogens with one attached hydrogen (secondary N) is 1. The summed E-state index contributed by atoms with van der Waals surface area (Å²) in [7, 11) is 1.73. The molecule has 2 nitrogen and oxygen atoms in total. The van der Waals surface area contributed by atoms with Crippen LogP contribution in [-0.2, 0) is 6.54 Å². The fourth-order valence-electron chi connectivity index (χ4n) is 3.14. The molecule has 2 rings (SSSR count). The highest BCUT2D eigenvalue weighted by Gasteiger charge is 2.25. The summed E-state index contributed by atoms with van der Waals surface area (Å²) in [6.45, 7) is 6.63. The predicted octanol–water partition coefficient (Wildman–Crippen LogP) is 4.06. The molecule has 0 radical (unpaired) electrons. The number of ether oxygens (including phenoxy) is 1. The van der Waals surface area contributed by atoms with Gasteiger partial charge in [0.05, 0.1) is 7.11 Å². The van der Waals surface area contributed by atoms with E-state index in [0.29, 0.717) is 5.41 Å². The van der Waals surface area contributed by atoms with Gasteiger partial charge >= 0.3 is 0 Å². The molecule has 106 valence electrons. The summed E-state index contributed by atoms with van der Waals surface area (Å²) in [5, 5.41) is 3.64. The lowest BCUT2D eigenvalue weighted by atomic mass is 9.76. The Balaban J connectivity index is 1.83. The minimum atomic E-state index is 0.514. The topological polar surface area (TPSA) is 21.3 Å². The van der Waals surface area contributed by atoms with Crippen LogP contribution in [0.1, 0.15) is 50.2 Å². The van der Waals surface area contributed by atoms with E-state index in [-0.39, 0.29) is 0 Å². The van der Waals surface area contributed by atoms with Gasteiger partial charge in [-0.3, -0.25) is 0 Å². The molecule has 0 atom stereocenters. The van der Waals surface area contributed by atoms with Gasteiger partial charge in [0.25, 0.3) is 0 Å². The molecular formula is C17H27NO. The molecule has 0 heterocycles. The second-order valence-electron chi connectivity index (χ2n) is 6.28. The van der Waals surface area contributed by atoms with Crippen molar-refractivity contribution in [1.82, 2.24) is 5.32 Å². The van der Waals surface area contributed by atoms with Gasteiger partial charge in [-0.15, -0.1) is 0 Å². The molecule has 1 aromatic rings. The predicted molar refractivity (Wildman–Crippen MR) is 80.6 cm³/mol. The van der Waals surface area contributed by atoms with Crippen LogP contribution in [-0.4, -0.2) is 13.7 Å². The summed E-state index contributed by atoms with van der Waals surface area (Å²) in [6, 6.07) is 6.44. The van der Waals surface area contributed by atoms with Gasteiger partial charge in [-0.25, -0.2) is 0 Å². The first-order chi connectivity index (χ1) is 9.13. The largest absolute Gasteiger partial charge is 0.496 e. The van der Waals surface area contributed by atoms with E-state index in [1.807, 2.05) is 0 Å². The molecule has 0 aliphatic heterocycles. The lowest BCUT2D eigenvalue weighted by Crippen LogP contribution is -2.33. The standard InChI is InChI=1S/C17H27NO/c1-14-11-15(7-8-16(14)19-3)12-18-13-17(2)9-5-4-6-10-17/h7-8,11,18H,4-6,9-10,12-13H2,1-3H3. The van der Waals surface area contributed by atoms with Crippen LogP contribution in [0.15, 0.2) is 18.2 Å². The zero-order valence-electron chi connectivity index (χ0n) is 12.6. The Morgan fingerprint density at radius 3 is 2.58 bits per heavy atom. The Hall–Kier alpha value is -1.02. The van der Waals surface area contributed by atoms with E-state index < -0.39 is 0 Å². The number of benzene rings is 1. The van der Waals surface area contributed by atoms with E-state index in [1.54, 1.807) is 7.11 Å². The van der Waals surface area contributed by atoms with Crippen molar-refractivity contribution in [3.8, 4) is 5.75 Å². The lowest BCUT2D eigenvalue weighted by Gasteiger charge is -2.33. The molecule has 0 spiro atoms. The van der Waals surface area contributed by atoms with E-state index in [2.05, 4.69) is 37.4 Å². The molecule has 0 amide bonds. The summed E-state index contributed by atoms with van der Waals surface area (Å²) in [5.41, 5.74) is 3.07. The Kier molecular flexibility index (Phi) is 4.87. The first-order valence-corrected chi connectivity index (χ1v) is 7.47. The zero-order chi connectivity index (χ0) is 13.7. The molecule has 0 bridgehead atoms. The average molecular weight is 261 g/mol. The molecule has 19 heavy (non-hydrogen) atoms. The maximum Gasteiger partial charge on any atom is 0.121 e. The van der Waals surface area contributed by atoms with Gasteiger partial charge in [-0.05, 0) is 42.4 Å². The van der Waals surface area contributed by atoms with Gasteiger partial charge < -0.3 is 10.1 Å². The van der Waals surface area contributed by atoms with Crippen LogP contribution in [0.5, 0.6) is 5.75 Å². The fourth-order valence-corrected chi connectivity index (χ4v) is 3.14. The van der Waals surface area contributed by atoms with Crippen molar-refractivity contribution in [2.45, 2.75) is 52.5 Å². The molecule has 1 aromatic carbocycles. The second-order valence-corrected chi connectivity index (χ2v) is 6.28. The van der Waals surface area contributed by atoms with E-state index in [9.17, 15) is 0 Å². The third-order valence-corrected chi connectivity index (χ3v) is 4.40. The van der Waals surface area contributed by atoms with Gasteiger partial charge in [0.1, 0.15) is 5.75 Å². The molecular weight excluding hydrogens is 234 g/mol. The normalized spacial score (nSPS) is 18.3. The molecule has 0 unspecified atom stereocenters. The van der Waals surface area contributed by atoms with Crippen molar-refractivity contribution in [1.29, 1.82) is 0 Å². The highest BCUT2D eigenvalue weighted by atomic mass is 16.5. The van der Waals surface area contributed by atoms with Crippen LogP contribution in [0.3, 0.4) is 0 Å². The smallest absolute Gasteiger partial charge is 0.121 e. The fraction of sp³-hybridized carbons (Fsp3) is 0.647. The number of aryl methyl sites for hydroxylation is 1. The molecule has 1 fully saturated rings. The summed E-state index contributed by atoms with van der Waals surface area (Å²) in [4.78, 5) is 0. The number of rotatable bonds is 5. The molecule has 1 aliphatic rings. The monoisotopic (exact) mass is 261 g/mol. The maximum atomic E-state index is 5.30. The number of hydrogen-bond donors (Lipinski definition) is 1. The Bertz CT molecular complexity index is 408. The Morgan fingerprint density at radius 2 is 1.95 bits per heavy atom. The van der Waals surface area contributed by atoms with Crippen molar-refractivity contribution >= 4 is 0 Å². The molecule has 2 heteroatoms. The van der Waals surface area contributed by atoms with Gasteiger partial charge in [0.2, 0.25) is 0 Å². The lowest BCUT2D eigenvalue weighted by molar-refractivity contribution is 0.207. The Morgan fingerprint density at radius 1 is 1.21 bits per heavy atom. The summed E-state index contributed by atoms with van der Waals surface area (Å²) >= 11 is 0. The third-order valence-electron chi connectivity index (χ3n) is 4.40. The molecule has 1 aliphatic carbocycles. The summed E-state index contributed by atoms with van der Waals surface area (Å²) in [6.07, 6.45) is 6.98. The zero-order valence-corrected chi connectivity index (χ0v) is 12.6. The molecule has 0 aromatic heterocycles. The second kappa shape index (κ2) is 6.42. The van der Waals surface area contributed by atoms with E-state index in [1.165, 1.54) is 43.2 Å². The van der Waals surface area contributed by atoms with Crippen molar-refractivity contribution in [3.63, 3.8) is 0 Å². The van der Waals surface area contributed by atoms with Gasteiger partial charge in [0, 0.05) is 13.1 Å². The first-order valence-electron chi connectivity index (χ1n) is 7.47. The van der Waals surface area contributed by atoms with E-state index in [4.69, 9.17) is 4.74 Å². The SMILES string of the molecule is COc1ccc(CNCC2(C)CCCCC2)cc1C. The van der Waals surface area contributed by atoms with E-state index >= 15 is 0 Å². The van der Waals surface area contributed by atoms with Crippen LogP contribution >= 0.6 is 0 Å². The van der Waals surface area contributed by atoms with Crippen LogP contribution in [0.4, 0.5) is 0 Å². The van der Waals surface area contributed by atoms with Crippen LogP contribution in [0, 0.1) is 12.3 Å². The molecule has 1 saturated carbocycles. The maximum absolute atomic E-state index is 5.30. The highest BCUT2D eigenvalue weighted by molar-refractivity contribution is 5.36. The van der Waals surface area contributed by atoms with Crippen LogP contribution < -0.4 is 10.1 Å². The molecule has 0 saturated heterocycles. The van der Waals surface area contributed by atoms with Crippen molar-refractivity contribution in [3.05, 3.63) is 29.3 Å².